The summed E-state index contributed by atoms with van der Waals surface area (Å²) in [6.07, 6.45) is 0.935. The molecule has 0 aliphatic rings. The van der Waals surface area contributed by atoms with Gasteiger partial charge in [-0.25, -0.2) is 14.1 Å². The molecule has 0 unspecified atom stereocenters. The number of thioether (sulfide) groups is 1. The molecule has 0 aliphatic heterocycles. The minimum Gasteiger partial charge on any atom is -0.486 e. The van der Waals surface area contributed by atoms with Crippen LogP contribution in [0.3, 0.4) is 0 Å². The molecule has 0 fully saturated rings. The van der Waals surface area contributed by atoms with Crippen LogP contribution < -0.4 is 15.5 Å². The number of anilines is 2. The third-order valence-electron chi connectivity index (χ3n) is 4.91. The average molecular weight is 499 g/mol. The first-order chi connectivity index (χ1) is 16.4. The van der Waals surface area contributed by atoms with E-state index in [0.29, 0.717) is 27.6 Å². The molecule has 0 bridgehead atoms. The molecule has 0 aliphatic carbocycles. The number of carbonyl (C=O) groups is 1. The van der Waals surface area contributed by atoms with Gasteiger partial charge in [-0.2, -0.15) is 0 Å². The van der Waals surface area contributed by atoms with Crippen molar-refractivity contribution in [2.24, 2.45) is 0 Å². The van der Waals surface area contributed by atoms with Gasteiger partial charge in [-0.05, 0) is 48.4 Å². The number of carbonyl (C=O) groups excluding carboxylic acids is 1. The van der Waals surface area contributed by atoms with Crippen molar-refractivity contribution < 1.29 is 13.9 Å². The van der Waals surface area contributed by atoms with Gasteiger partial charge in [-0.3, -0.25) is 9.69 Å². The second kappa shape index (κ2) is 10.7. The molecule has 2 aromatic heterocycles. The molecule has 34 heavy (non-hydrogen) atoms. The van der Waals surface area contributed by atoms with Crippen LogP contribution in [-0.2, 0) is 23.6 Å². The van der Waals surface area contributed by atoms with Gasteiger partial charge in [0, 0.05) is 18.1 Å². The van der Waals surface area contributed by atoms with E-state index in [1.54, 1.807) is 4.90 Å². The molecule has 176 valence electrons. The van der Waals surface area contributed by atoms with Crippen molar-refractivity contribution in [3.05, 3.63) is 76.8 Å². The summed E-state index contributed by atoms with van der Waals surface area (Å²) in [6, 6.07) is 13.6. The Morgan fingerprint density at radius 2 is 1.91 bits per heavy atom. The highest BCUT2D eigenvalue weighted by atomic mass is 32.2. The second-order valence-electron chi connectivity index (χ2n) is 7.30. The highest BCUT2D eigenvalue weighted by Crippen LogP contribution is 2.31. The summed E-state index contributed by atoms with van der Waals surface area (Å²) in [5.74, 6) is 7.12. The van der Waals surface area contributed by atoms with E-state index in [0.717, 1.165) is 17.8 Å². The molecule has 4 aromatic rings. The summed E-state index contributed by atoms with van der Waals surface area (Å²) in [5.41, 5.74) is 2.79. The quantitative estimate of drug-likeness (QED) is 0.264. The molecule has 0 radical (unpaired) electrons. The van der Waals surface area contributed by atoms with Crippen molar-refractivity contribution in [1.82, 2.24) is 19.9 Å². The summed E-state index contributed by atoms with van der Waals surface area (Å²) >= 11 is 2.78. The van der Waals surface area contributed by atoms with Crippen LogP contribution in [0, 0.1) is 5.82 Å². The van der Waals surface area contributed by atoms with Crippen LogP contribution >= 0.6 is 23.1 Å². The van der Waals surface area contributed by atoms with Gasteiger partial charge >= 0.3 is 0 Å². The van der Waals surface area contributed by atoms with Crippen LogP contribution in [0.4, 0.5) is 15.2 Å². The third-order valence-corrected chi connectivity index (χ3v) is 6.77. The van der Waals surface area contributed by atoms with E-state index in [2.05, 4.69) is 22.1 Å². The van der Waals surface area contributed by atoms with Crippen molar-refractivity contribution >= 4 is 39.8 Å². The van der Waals surface area contributed by atoms with Gasteiger partial charge in [0.2, 0.25) is 11.1 Å². The molecule has 0 atom stereocenters. The van der Waals surface area contributed by atoms with Crippen LogP contribution in [0.1, 0.15) is 30.9 Å². The molecule has 11 heteroatoms. The lowest BCUT2D eigenvalue weighted by Gasteiger charge is -2.18. The van der Waals surface area contributed by atoms with Gasteiger partial charge in [-0.15, -0.1) is 21.5 Å². The average Bonchev–Trinajstić information content (AvgIpc) is 3.44. The SMILES string of the molecule is CCc1ccc(N(C(C)=O)c2nc(CSc3nnc(COc4ccc(F)cc4)n3N)cs2)cc1. The smallest absolute Gasteiger partial charge is 0.230 e. The zero-order valence-electron chi connectivity index (χ0n) is 18.6. The number of aryl methyl sites for hydroxylation is 1. The molecule has 2 heterocycles. The van der Waals surface area contributed by atoms with Crippen molar-refractivity contribution in [3.63, 3.8) is 0 Å². The third kappa shape index (κ3) is 5.54. The van der Waals surface area contributed by atoms with Crippen LogP contribution in [0.15, 0.2) is 59.1 Å². The number of hydrogen-bond acceptors (Lipinski definition) is 8. The Balaban J connectivity index is 1.39. The number of nitrogens with zero attached hydrogens (tertiary/aromatic N) is 5. The zero-order valence-corrected chi connectivity index (χ0v) is 20.3. The Labute approximate surface area is 204 Å². The highest BCUT2D eigenvalue weighted by Gasteiger charge is 2.19. The Bertz CT molecular complexity index is 1260. The van der Waals surface area contributed by atoms with Gasteiger partial charge in [0.15, 0.2) is 11.0 Å². The first kappa shape index (κ1) is 23.7. The van der Waals surface area contributed by atoms with Crippen LogP contribution in [0.2, 0.25) is 0 Å². The Kier molecular flexibility index (Phi) is 7.43. The van der Waals surface area contributed by atoms with Gasteiger partial charge in [0.05, 0.1) is 11.4 Å². The second-order valence-corrected chi connectivity index (χ2v) is 9.07. The number of thiazole rings is 1. The molecule has 2 aromatic carbocycles. The van der Waals surface area contributed by atoms with Crippen LogP contribution in [0.5, 0.6) is 5.75 Å². The van der Waals surface area contributed by atoms with Crippen molar-refractivity contribution in [2.75, 3.05) is 10.7 Å². The van der Waals surface area contributed by atoms with Crippen molar-refractivity contribution in [1.29, 1.82) is 0 Å². The van der Waals surface area contributed by atoms with Gasteiger partial charge in [-0.1, -0.05) is 30.8 Å². The predicted octanol–water partition coefficient (Wildman–Crippen LogP) is 4.71. The van der Waals surface area contributed by atoms with Gasteiger partial charge < -0.3 is 10.6 Å². The number of rotatable bonds is 9. The van der Waals surface area contributed by atoms with Gasteiger partial charge in [0.1, 0.15) is 18.2 Å². The molecule has 2 N–H and O–H groups in total. The maximum absolute atomic E-state index is 13.0. The molecular weight excluding hydrogens is 475 g/mol. The van der Waals surface area contributed by atoms with E-state index in [1.165, 1.54) is 64.5 Å². The maximum Gasteiger partial charge on any atom is 0.230 e. The molecular formula is C23H23FN6O2S2. The van der Waals surface area contributed by atoms with E-state index in [-0.39, 0.29) is 18.3 Å². The fraction of sp³-hybridized carbons (Fsp3) is 0.217. The number of ether oxygens (including phenoxy) is 1. The largest absolute Gasteiger partial charge is 0.486 e. The number of halogens is 1. The number of hydrogen-bond donors (Lipinski definition) is 1. The standard InChI is InChI=1S/C23H23FN6O2S2/c1-3-16-4-8-19(9-5-16)29(15(2)31)22-26-18(13-33-22)14-34-23-28-27-21(30(23)25)12-32-20-10-6-17(24)7-11-20/h4-11,13H,3,12,14,25H2,1-2H3. The van der Waals surface area contributed by atoms with E-state index in [9.17, 15) is 9.18 Å². The van der Waals surface area contributed by atoms with E-state index >= 15 is 0 Å². The molecule has 0 saturated heterocycles. The predicted molar refractivity (Wildman–Crippen MR) is 131 cm³/mol. The Hall–Kier alpha value is -3.44. The van der Waals surface area contributed by atoms with Crippen LogP contribution in [-0.4, -0.2) is 25.8 Å². The normalized spacial score (nSPS) is 10.9. The summed E-state index contributed by atoms with van der Waals surface area (Å²) in [6.45, 7) is 3.71. The van der Waals surface area contributed by atoms with Gasteiger partial charge in [0.25, 0.3) is 0 Å². The Morgan fingerprint density at radius 3 is 2.59 bits per heavy atom. The molecule has 0 saturated carbocycles. The summed E-state index contributed by atoms with van der Waals surface area (Å²) in [5, 5.41) is 11.2. The lowest BCUT2D eigenvalue weighted by atomic mass is 10.1. The maximum atomic E-state index is 13.0. The number of benzene rings is 2. The molecule has 8 nitrogen and oxygen atoms in total. The van der Waals surface area contributed by atoms with Crippen LogP contribution in [0.25, 0.3) is 0 Å². The van der Waals surface area contributed by atoms with Crippen molar-refractivity contribution in [2.45, 2.75) is 37.8 Å². The van der Waals surface area contributed by atoms with E-state index in [1.807, 2.05) is 29.6 Å². The monoisotopic (exact) mass is 498 g/mol. The molecule has 0 spiro atoms. The topological polar surface area (TPSA) is 99.2 Å². The lowest BCUT2D eigenvalue weighted by molar-refractivity contribution is -0.115. The minimum absolute atomic E-state index is 0.0981. The fourth-order valence-electron chi connectivity index (χ4n) is 3.09. The van der Waals surface area contributed by atoms with E-state index < -0.39 is 0 Å². The Morgan fingerprint density at radius 1 is 1.18 bits per heavy atom. The summed E-state index contributed by atoms with van der Waals surface area (Å²) < 4.78 is 20.0. The first-order valence-electron chi connectivity index (χ1n) is 10.5. The van der Waals surface area contributed by atoms with Crippen molar-refractivity contribution in [3.8, 4) is 5.75 Å². The fourth-order valence-corrected chi connectivity index (χ4v) is 4.85. The highest BCUT2D eigenvalue weighted by molar-refractivity contribution is 7.98. The lowest BCUT2D eigenvalue weighted by Crippen LogP contribution is -2.22. The summed E-state index contributed by atoms with van der Waals surface area (Å²) in [4.78, 5) is 18.6. The molecule has 1 amide bonds. The number of nitrogens with two attached hydrogens (primary N) is 1. The minimum atomic E-state index is -0.334. The zero-order chi connectivity index (χ0) is 24.1. The number of amides is 1. The number of nitrogen functional groups attached to an aromatic ring is 1. The summed E-state index contributed by atoms with van der Waals surface area (Å²) in [7, 11) is 0. The van der Waals surface area contributed by atoms with E-state index in [4.69, 9.17) is 10.6 Å². The first-order valence-corrected chi connectivity index (χ1v) is 12.4. The number of aromatic nitrogens is 4. The molecule has 4 rings (SSSR count).